The number of rotatable bonds is 5. The third-order valence-electron chi connectivity index (χ3n) is 3.63. The molecule has 0 bridgehead atoms. The lowest BCUT2D eigenvalue weighted by atomic mass is 9.63. The quantitative estimate of drug-likeness (QED) is 0.741. The molecule has 0 unspecified atom stereocenters. The number of carbonyl (C=O) groups is 1. The maximum absolute atomic E-state index is 11.8. The van der Waals surface area contributed by atoms with Gasteiger partial charge in [0.15, 0.2) is 0 Å². The minimum atomic E-state index is 0.141. The Morgan fingerprint density at radius 2 is 1.72 bits per heavy atom. The molecular weight excluding hydrogens is 224 g/mol. The molecule has 1 fully saturated rings. The van der Waals surface area contributed by atoms with Crippen molar-refractivity contribution in [1.82, 2.24) is 10.6 Å². The summed E-state index contributed by atoms with van der Waals surface area (Å²) >= 11 is 0. The molecule has 0 saturated heterocycles. The Morgan fingerprint density at radius 1 is 1.17 bits per heavy atom. The van der Waals surface area contributed by atoms with Crippen molar-refractivity contribution < 1.29 is 4.79 Å². The zero-order valence-corrected chi connectivity index (χ0v) is 12.7. The first-order valence-corrected chi connectivity index (χ1v) is 7.24. The van der Waals surface area contributed by atoms with Gasteiger partial charge in [0.25, 0.3) is 0 Å². The van der Waals surface area contributed by atoms with Crippen LogP contribution in [0.2, 0.25) is 0 Å². The lowest BCUT2D eigenvalue weighted by molar-refractivity contribution is -0.121. The molecule has 2 N–H and O–H groups in total. The summed E-state index contributed by atoms with van der Waals surface area (Å²) in [5.41, 5.74) is 0.660. The standard InChI is InChI=1S/C15H30N2O/c1-6-7-16-10-13(18)17-12-8-14(2,3)11-15(4,5)9-12/h12,16H,6-11H2,1-5H3,(H,17,18). The molecular formula is C15H30N2O. The van der Waals surface area contributed by atoms with Crippen LogP contribution in [0.5, 0.6) is 0 Å². The van der Waals surface area contributed by atoms with Crippen LogP contribution >= 0.6 is 0 Å². The monoisotopic (exact) mass is 254 g/mol. The molecule has 18 heavy (non-hydrogen) atoms. The molecule has 1 rings (SSSR count). The van der Waals surface area contributed by atoms with Crippen LogP contribution in [0.25, 0.3) is 0 Å². The number of hydrogen-bond donors (Lipinski definition) is 2. The molecule has 1 aliphatic rings. The van der Waals surface area contributed by atoms with Crippen LogP contribution in [-0.4, -0.2) is 25.0 Å². The van der Waals surface area contributed by atoms with Gasteiger partial charge in [-0.1, -0.05) is 34.6 Å². The lowest BCUT2D eigenvalue weighted by Crippen LogP contribution is -2.48. The van der Waals surface area contributed by atoms with E-state index in [-0.39, 0.29) is 5.91 Å². The molecule has 1 amide bonds. The van der Waals surface area contributed by atoms with Crippen molar-refractivity contribution in [2.45, 2.75) is 66.3 Å². The van der Waals surface area contributed by atoms with Gasteiger partial charge in [-0.15, -0.1) is 0 Å². The molecule has 3 nitrogen and oxygen atoms in total. The van der Waals surface area contributed by atoms with Crippen LogP contribution in [0, 0.1) is 10.8 Å². The molecule has 0 aromatic carbocycles. The molecule has 106 valence electrons. The molecule has 0 aromatic rings. The van der Waals surface area contributed by atoms with Crippen LogP contribution in [-0.2, 0) is 4.79 Å². The maximum Gasteiger partial charge on any atom is 0.234 e. The fraction of sp³-hybridized carbons (Fsp3) is 0.933. The first kappa shape index (κ1) is 15.5. The predicted octanol–water partition coefficient (Wildman–Crippen LogP) is 2.71. The number of nitrogens with one attached hydrogen (secondary N) is 2. The third kappa shape index (κ3) is 5.38. The topological polar surface area (TPSA) is 41.1 Å². The fourth-order valence-electron chi connectivity index (χ4n) is 3.61. The molecule has 0 aliphatic heterocycles. The van der Waals surface area contributed by atoms with E-state index in [1.807, 2.05) is 0 Å². The normalized spacial score (nSPS) is 22.7. The minimum absolute atomic E-state index is 0.141. The zero-order valence-electron chi connectivity index (χ0n) is 12.7. The molecule has 0 radical (unpaired) electrons. The van der Waals surface area contributed by atoms with Gasteiger partial charge >= 0.3 is 0 Å². The van der Waals surface area contributed by atoms with E-state index in [1.54, 1.807) is 0 Å². The van der Waals surface area contributed by atoms with E-state index in [4.69, 9.17) is 0 Å². The highest BCUT2D eigenvalue weighted by Crippen LogP contribution is 2.45. The van der Waals surface area contributed by atoms with E-state index < -0.39 is 0 Å². The van der Waals surface area contributed by atoms with E-state index in [9.17, 15) is 4.79 Å². The highest BCUT2D eigenvalue weighted by Gasteiger charge is 2.38. The second kappa shape index (κ2) is 6.05. The van der Waals surface area contributed by atoms with E-state index in [2.05, 4.69) is 45.3 Å². The summed E-state index contributed by atoms with van der Waals surface area (Å²) in [6.07, 6.45) is 4.49. The largest absolute Gasteiger partial charge is 0.352 e. The second-order valence-corrected chi connectivity index (χ2v) is 7.35. The highest BCUT2D eigenvalue weighted by atomic mass is 16.1. The van der Waals surface area contributed by atoms with Gasteiger partial charge < -0.3 is 10.6 Å². The Labute approximate surface area is 112 Å². The van der Waals surface area contributed by atoms with Gasteiger partial charge in [0.1, 0.15) is 0 Å². The smallest absolute Gasteiger partial charge is 0.234 e. The van der Waals surface area contributed by atoms with Gasteiger partial charge in [-0.25, -0.2) is 0 Å². The Kier molecular flexibility index (Phi) is 5.20. The van der Waals surface area contributed by atoms with Crippen molar-refractivity contribution in [3.63, 3.8) is 0 Å². The fourth-order valence-corrected chi connectivity index (χ4v) is 3.61. The number of carbonyl (C=O) groups excluding carboxylic acids is 1. The average molecular weight is 254 g/mol. The van der Waals surface area contributed by atoms with Crippen molar-refractivity contribution in [3.05, 3.63) is 0 Å². The van der Waals surface area contributed by atoms with Crippen LogP contribution in [0.1, 0.15) is 60.3 Å². The summed E-state index contributed by atoms with van der Waals surface area (Å²) in [5.74, 6) is 0.141. The first-order chi connectivity index (χ1) is 8.24. The van der Waals surface area contributed by atoms with Crippen LogP contribution in [0.4, 0.5) is 0 Å². The summed E-state index contributed by atoms with van der Waals surface area (Å²) in [5, 5.41) is 6.34. The summed E-state index contributed by atoms with van der Waals surface area (Å²) in [6, 6.07) is 0.333. The second-order valence-electron chi connectivity index (χ2n) is 7.35. The van der Waals surface area contributed by atoms with Crippen molar-refractivity contribution in [3.8, 4) is 0 Å². The van der Waals surface area contributed by atoms with Crippen LogP contribution < -0.4 is 10.6 Å². The molecule has 1 aliphatic carbocycles. The first-order valence-electron chi connectivity index (χ1n) is 7.24. The maximum atomic E-state index is 11.8. The zero-order chi connectivity index (χ0) is 13.8. The average Bonchev–Trinajstić information content (AvgIpc) is 2.12. The summed E-state index contributed by atoms with van der Waals surface area (Å²) in [4.78, 5) is 11.8. The van der Waals surface area contributed by atoms with Gasteiger partial charge in [-0.3, -0.25) is 4.79 Å². The molecule has 0 spiro atoms. The Bertz CT molecular complexity index is 268. The number of hydrogen-bond acceptors (Lipinski definition) is 2. The lowest BCUT2D eigenvalue weighted by Gasteiger charge is -2.45. The van der Waals surface area contributed by atoms with E-state index in [0.717, 1.165) is 25.8 Å². The Hall–Kier alpha value is -0.570. The predicted molar refractivity (Wildman–Crippen MR) is 76.5 cm³/mol. The summed E-state index contributed by atoms with van der Waals surface area (Å²) in [7, 11) is 0. The van der Waals surface area contributed by atoms with Crippen molar-refractivity contribution in [2.75, 3.05) is 13.1 Å². The van der Waals surface area contributed by atoms with Crippen molar-refractivity contribution >= 4 is 5.91 Å². The highest BCUT2D eigenvalue weighted by molar-refractivity contribution is 5.78. The van der Waals surface area contributed by atoms with Crippen LogP contribution in [0.3, 0.4) is 0 Å². The SMILES string of the molecule is CCCNCC(=O)NC1CC(C)(C)CC(C)(C)C1. The van der Waals surface area contributed by atoms with Crippen molar-refractivity contribution in [1.29, 1.82) is 0 Å². The van der Waals surface area contributed by atoms with Crippen molar-refractivity contribution in [2.24, 2.45) is 10.8 Å². The Morgan fingerprint density at radius 3 is 2.22 bits per heavy atom. The molecule has 0 heterocycles. The minimum Gasteiger partial charge on any atom is -0.352 e. The van der Waals surface area contributed by atoms with Crippen LogP contribution in [0.15, 0.2) is 0 Å². The van der Waals surface area contributed by atoms with E-state index in [1.165, 1.54) is 6.42 Å². The van der Waals surface area contributed by atoms with Gasteiger partial charge in [0.05, 0.1) is 6.54 Å². The van der Waals surface area contributed by atoms with E-state index >= 15 is 0 Å². The number of amides is 1. The summed E-state index contributed by atoms with van der Waals surface area (Å²) < 4.78 is 0. The van der Waals surface area contributed by atoms with Gasteiger partial charge in [0.2, 0.25) is 5.91 Å². The molecule has 3 heteroatoms. The molecule has 0 aromatic heterocycles. The van der Waals surface area contributed by atoms with Gasteiger partial charge in [0, 0.05) is 6.04 Å². The molecule has 0 atom stereocenters. The van der Waals surface area contributed by atoms with Gasteiger partial charge in [-0.05, 0) is 43.1 Å². The Balaban J connectivity index is 2.44. The molecule has 1 saturated carbocycles. The van der Waals surface area contributed by atoms with E-state index in [0.29, 0.717) is 23.4 Å². The summed E-state index contributed by atoms with van der Waals surface area (Å²) in [6.45, 7) is 12.7. The third-order valence-corrected chi connectivity index (χ3v) is 3.63. The van der Waals surface area contributed by atoms with Gasteiger partial charge in [-0.2, -0.15) is 0 Å².